The fourth-order valence-corrected chi connectivity index (χ4v) is 2.93. The second-order valence-corrected chi connectivity index (χ2v) is 6.79. The van der Waals surface area contributed by atoms with Crippen molar-refractivity contribution < 1.29 is 23.5 Å². The van der Waals surface area contributed by atoms with Crippen LogP contribution in [0.4, 0.5) is 4.39 Å². The number of ether oxygens (including phenoxy) is 2. The number of hydrogen-bond acceptors (Lipinski definition) is 4. The van der Waals surface area contributed by atoms with Crippen LogP contribution >= 0.6 is 0 Å². The first-order valence-corrected chi connectivity index (χ1v) is 9.35. The first-order chi connectivity index (χ1) is 14.4. The smallest absolute Gasteiger partial charge is 0.331 e. The van der Waals surface area contributed by atoms with Crippen molar-refractivity contribution in [3.63, 3.8) is 0 Å². The van der Waals surface area contributed by atoms with Crippen LogP contribution in [0.1, 0.15) is 11.1 Å². The number of esters is 1. The molecule has 3 rings (SSSR count). The van der Waals surface area contributed by atoms with Crippen molar-refractivity contribution in [1.29, 1.82) is 0 Å². The van der Waals surface area contributed by atoms with Crippen LogP contribution in [0.3, 0.4) is 0 Å². The van der Waals surface area contributed by atoms with Crippen LogP contribution in [-0.4, -0.2) is 37.5 Å². The number of benzene rings is 3. The molecule has 0 bridgehead atoms. The van der Waals surface area contributed by atoms with E-state index >= 15 is 0 Å². The van der Waals surface area contributed by atoms with Crippen molar-refractivity contribution in [3.05, 3.63) is 83.7 Å². The van der Waals surface area contributed by atoms with Crippen molar-refractivity contribution >= 4 is 28.7 Å². The average Bonchev–Trinajstić information content (AvgIpc) is 2.75. The summed E-state index contributed by atoms with van der Waals surface area (Å²) in [6.07, 6.45) is 2.60. The van der Waals surface area contributed by atoms with Crippen LogP contribution in [0.15, 0.2) is 66.7 Å². The third-order valence-electron chi connectivity index (χ3n) is 4.56. The molecule has 0 unspecified atom stereocenters. The zero-order chi connectivity index (χ0) is 21.5. The molecule has 0 aliphatic rings. The van der Waals surface area contributed by atoms with E-state index < -0.39 is 11.8 Å². The lowest BCUT2D eigenvalue weighted by Gasteiger charge is -2.17. The van der Waals surface area contributed by atoms with Gasteiger partial charge in [0.1, 0.15) is 11.6 Å². The predicted octanol–water partition coefficient (Wildman–Crippen LogP) is 4.20. The maximum atomic E-state index is 13.1. The maximum Gasteiger partial charge on any atom is 0.331 e. The molecular weight excluding hydrogens is 385 g/mol. The number of hydrogen-bond donors (Lipinski definition) is 0. The Morgan fingerprint density at radius 2 is 1.80 bits per heavy atom. The molecule has 0 saturated heterocycles. The summed E-state index contributed by atoms with van der Waals surface area (Å²) >= 11 is 0. The normalized spacial score (nSPS) is 10.9. The summed E-state index contributed by atoms with van der Waals surface area (Å²) in [5.41, 5.74) is 1.49. The predicted molar refractivity (Wildman–Crippen MR) is 113 cm³/mol. The number of halogens is 1. The van der Waals surface area contributed by atoms with Gasteiger partial charge in [-0.1, -0.05) is 30.3 Å². The van der Waals surface area contributed by atoms with E-state index in [4.69, 9.17) is 9.47 Å². The number of methoxy groups -OCH3 is 1. The Bertz CT molecular complexity index is 1090. The average molecular weight is 407 g/mol. The quantitative estimate of drug-likeness (QED) is 0.435. The highest BCUT2D eigenvalue weighted by Gasteiger charge is 2.12. The minimum Gasteiger partial charge on any atom is -0.497 e. The number of amides is 1. The topological polar surface area (TPSA) is 55.8 Å². The molecule has 0 saturated carbocycles. The molecule has 0 aromatic heterocycles. The third-order valence-corrected chi connectivity index (χ3v) is 4.56. The van der Waals surface area contributed by atoms with Gasteiger partial charge < -0.3 is 14.4 Å². The van der Waals surface area contributed by atoms with Gasteiger partial charge in [-0.25, -0.2) is 9.18 Å². The molecule has 0 aliphatic carbocycles. The highest BCUT2D eigenvalue weighted by Crippen LogP contribution is 2.22. The fourth-order valence-electron chi connectivity index (χ4n) is 2.93. The molecule has 6 heteroatoms. The number of carbonyl (C=O) groups is 2. The van der Waals surface area contributed by atoms with Gasteiger partial charge in [0.2, 0.25) is 0 Å². The van der Waals surface area contributed by atoms with Crippen molar-refractivity contribution in [1.82, 2.24) is 4.90 Å². The van der Waals surface area contributed by atoms with Crippen molar-refractivity contribution in [2.45, 2.75) is 6.54 Å². The minimum atomic E-state index is -0.666. The van der Waals surface area contributed by atoms with E-state index in [-0.39, 0.29) is 12.5 Å². The Hall–Kier alpha value is -3.67. The Morgan fingerprint density at radius 3 is 2.57 bits per heavy atom. The number of rotatable bonds is 7. The van der Waals surface area contributed by atoms with E-state index in [9.17, 15) is 14.0 Å². The number of fused-ring (bicyclic) bond motifs is 1. The van der Waals surface area contributed by atoms with Gasteiger partial charge in [0.15, 0.2) is 6.61 Å². The standard InChI is InChI=1S/C24H22FNO4/c1-26(15-18-6-8-20-14-22(29-2)10-9-19(20)12-18)23(27)16-30-24(28)11-7-17-4-3-5-21(25)13-17/h3-14H,15-16H2,1-2H3/b11-7+. The molecule has 1 amide bonds. The zero-order valence-corrected chi connectivity index (χ0v) is 16.8. The summed E-state index contributed by atoms with van der Waals surface area (Å²) in [5.74, 6) is -0.594. The van der Waals surface area contributed by atoms with Gasteiger partial charge in [-0.05, 0) is 58.3 Å². The summed E-state index contributed by atoms with van der Waals surface area (Å²) in [7, 11) is 3.27. The first kappa shape index (κ1) is 21.0. The molecule has 0 heterocycles. The van der Waals surface area contributed by atoms with Gasteiger partial charge in [0.05, 0.1) is 7.11 Å². The Kier molecular flexibility index (Phi) is 6.80. The molecule has 30 heavy (non-hydrogen) atoms. The Morgan fingerprint density at radius 1 is 1.03 bits per heavy atom. The van der Waals surface area contributed by atoms with Crippen LogP contribution in [0, 0.1) is 5.82 Å². The molecule has 5 nitrogen and oxygen atoms in total. The van der Waals surface area contributed by atoms with E-state index in [0.29, 0.717) is 12.1 Å². The number of carbonyl (C=O) groups excluding carboxylic acids is 2. The molecule has 3 aromatic carbocycles. The van der Waals surface area contributed by atoms with Gasteiger partial charge in [-0.2, -0.15) is 0 Å². The molecule has 3 aromatic rings. The summed E-state index contributed by atoms with van der Waals surface area (Å²) in [5, 5.41) is 2.09. The summed E-state index contributed by atoms with van der Waals surface area (Å²) in [4.78, 5) is 25.6. The van der Waals surface area contributed by atoms with E-state index in [2.05, 4.69) is 0 Å². The first-order valence-electron chi connectivity index (χ1n) is 9.35. The van der Waals surface area contributed by atoms with Crippen molar-refractivity contribution in [2.75, 3.05) is 20.8 Å². The molecular formula is C24H22FNO4. The third kappa shape index (κ3) is 5.67. The summed E-state index contributed by atoms with van der Waals surface area (Å²) in [6, 6.07) is 17.5. The lowest BCUT2D eigenvalue weighted by molar-refractivity contribution is -0.147. The van der Waals surface area contributed by atoms with Gasteiger partial charge in [0.25, 0.3) is 5.91 Å². The minimum absolute atomic E-state index is 0.322. The molecule has 0 spiro atoms. The fraction of sp³-hybridized carbons (Fsp3) is 0.167. The van der Waals surface area contributed by atoms with Crippen LogP contribution in [0.2, 0.25) is 0 Å². The SMILES string of the molecule is COc1ccc2cc(CN(C)C(=O)COC(=O)/C=C/c3cccc(F)c3)ccc2c1. The highest BCUT2D eigenvalue weighted by molar-refractivity contribution is 5.89. The molecule has 0 atom stereocenters. The van der Waals surface area contributed by atoms with E-state index in [0.717, 1.165) is 22.1 Å². The molecule has 0 N–H and O–H groups in total. The highest BCUT2D eigenvalue weighted by atomic mass is 19.1. The second-order valence-electron chi connectivity index (χ2n) is 6.79. The van der Waals surface area contributed by atoms with Crippen LogP contribution in [-0.2, 0) is 20.9 Å². The number of nitrogens with zero attached hydrogens (tertiary/aromatic N) is 1. The second kappa shape index (κ2) is 9.69. The van der Waals surface area contributed by atoms with Gasteiger partial charge in [-0.15, -0.1) is 0 Å². The largest absolute Gasteiger partial charge is 0.497 e. The zero-order valence-electron chi connectivity index (χ0n) is 16.8. The Balaban J connectivity index is 1.53. The lowest BCUT2D eigenvalue weighted by atomic mass is 10.1. The lowest BCUT2D eigenvalue weighted by Crippen LogP contribution is -2.30. The summed E-state index contributed by atoms with van der Waals surface area (Å²) < 4.78 is 23.3. The van der Waals surface area contributed by atoms with Crippen molar-refractivity contribution in [2.24, 2.45) is 0 Å². The Labute approximate surface area is 174 Å². The van der Waals surface area contributed by atoms with Gasteiger partial charge in [0, 0.05) is 19.7 Å². The summed E-state index contributed by atoms with van der Waals surface area (Å²) in [6.45, 7) is 0.0189. The van der Waals surface area contributed by atoms with Crippen LogP contribution in [0.25, 0.3) is 16.8 Å². The van der Waals surface area contributed by atoms with E-state index in [1.165, 1.54) is 29.2 Å². The molecule has 0 fully saturated rings. The van der Waals surface area contributed by atoms with Crippen LogP contribution in [0.5, 0.6) is 5.75 Å². The van der Waals surface area contributed by atoms with E-state index in [1.54, 1.807) is 26.3 Å². The monoisotopic (exact) mass is 407 g/mol. The van der Waals surface area contributed by atoms with Crippen LogP contribution < -0.4 is 4.74 Å². The maximum absolute atomic E-state index is 13.1. The molecule has 0 aliphatic heterocycles. The van der Waals surface area contributed by atoms with Gasteiger partial charge >= 0.3 is 5.97 Å². The number of likely N-dealkylation sites (N-methyl/N-ethyl adjacent to an activating group) is 1. The molecule has 154 valence electrons. The van der Waals surface area contributed by atoms with Crippen molar-refractivity contribution in [3.8, 4) is 5.75 Å². The van der Waals surface area contributed by atoms with Gasteiger partial charge in [-0.3, -0.25) is 4.79 Å². The molecule has 0 radical (unpaired) electrons. The van der Waals surface area contributed by atoms with E-state index in [1.807, 2.05) is 36.4 Å².